The number of carboxylic acids is 1. The molecule has 0 bridgehead atoms. The van der Waals surface area contributed by atoms with Crippen molar-refractivity contribution in [2.24, 2.45) is 5.92 Å². The van der Waals surface area contributed by atoms with Gasteiger partial charge in [0.05, 0.1) is 5.92 Å². The lowest BCUT2D eigenvalue weighted by atomic mass is 10.1. The van der Waals surface area contributed by atoms with Gasteiger partial charge in [0.2, 0.25) is 5.91 Å². The number of carbonyl (C=O) groups is 4. The van der Waals surface area contributed by atoms with Gasteiger partial charge in [0.15, 0.2) is 0 Å². The van der Waals surface area contributed by atoms with Crippen LogP contribution in [0.5, 0.6) is 0 Å². The molecule has 1 heterocycles. The topological polar surface area (TPSA) is 116 Å². The molecule has 3 N–H and O–H groups in total. The van der Waals surface area contributed by atoms with Crippen LogP contribution in [0.25, 0.3) is 0 Å². The Bertz CT molecular complexity index is 671. The van der Waals surface area contributed by atoms with Crippen LogP contribution in [0.15, 0.2) is 24.3 Å². The Labute approximate surface area is 145 Å². The number of hydrogen-bond donors (Lipinski definition) is 3. The van der Waals surface area contributed by atoms with Gasteiger partial charge in [-0.2, -0.15) is 0 Å². The number of anilines is 1. The quantitative estimate of drug-likeness (QED) is 0.508. The number of aryl methyl sites for hydroxylation is 1. The van der Waals surface area contributed by atoms with Crippen molar-refractivity contribution in [3.05, 3.63) is 29.8 Å². The summed E-state index contributed by atoms with van der Waals surface area (Å²) >= 11 is 0. The van der Waals surface area contributed by atoms with Gasteiger partial charge in [-0.15, -0.1) is 0 Å². The van der Waals surface area contributed by atoms with Crippen molar-refractivity contribution in [1.82, 2.24) is 10.2 Å². The number of rotatable bonds is 6. The monoisotopic (exact) mass is 347 g/mol. The Morgan fingerprint density at radius 3 is 2.48 bits per heavy atom. The largest absolute Gasteiger partial charge is 0.481 e. The zero-order valence-corrected chi connectivity index (χ0v) is 13.9. The van der Waals surface area contributed by atoms with E-state index in [4.69, 9.17) is 5.11 Å². The van der Waals surface area contributed by atoms with Crippen LogP contribution in [0.2, 0.25) is 0 Å². The molecule has 0 aliphatic carbocycles. The summed E-state index contributed by atoms with van der Waals surface area (Å²) in [5.74, 6) is -3.35. The fourth-order valence-electron chi connectivity index (χ4n) is 2.53. The summed E-state index contributed by atoms with van der Waals surface area (Å²) in [7, 11) is 0. The maximum Gasteiger partial charge on any atom is 0.313 e. The molecule has 1 aromatic rings. The Balaban J connectivity index is 1.68. The number of likely N-dealkylation sites (tertiary alicyclic amines) is 1. The van der Waals surface area contributed by atoms with E-state index in [-0.39, 0.29) is 25.4 Å². The number of hydrogen-bond acceptors (Lipinski definition) is 4. The maximum absolute atomic E-state index is 11.8. The maximum atomic E-state index is 11.8. The average molecular weight is 347 g/mol. The number of amides is 3. The third-order valence-electron chi connectivity index (χ3n) is 3.97. The summed E-state index contributed by atoms with van der Waals surface area (Å²) in [5, 5.41) is 13.9. The SMILES string of the molecule is Cc1ccc(NC(=O)C(=O)NCCCN2C[C@@H](C(=O)O)CC2=O)cc1. The second kappa shape index (κ2) is 8.27. The van der Waals surface area contributed by atoms with E-state index in [1.54, 1.807) is 12.1 Å². The van der Waals surface area contributed by atoms with Gasteiger partial charge < -0.3 is 20.6 Å². The second-order valence-corrected chi connectivity index (χ2v) is 6.01. The van der Waals surface area contributed by atoms with Crippen LogP contribution in [0.4, 0.5) is 5.69 Å². The average Bonchev–Trinajstić information content (AvgIpc) is 2.94. The van der Waals surface area contributed by atoms with Crippen molar-refractivity contribution in [2.75, 3.05) is 25.0 Å². The molecule has 134 valence electrons. The molecule has 1 atom stereocenters. The van der Waals surface area contributed by atoms with Gasteiger partial charge in [-0.3, -0.25) is 19.2 Å². The predicted octanol–water partition coefficient (Wildman–Crippen LogP) is 0.373. The van der Waals surface area contributed by atoms with E-state index >= 15 is 0 Å². The van der Waals surface area contributed by atoms with Gasteiger partial charge in [-0.1, -0.05) is 17.7 Å². The number of carbonyl (C=O) groups excluding carboxylic acids is 3. The highest BCUT2D eigenvalue weighted by Crippen LogP contribution is 2.17. The van der Waals surface area contributed by atoms with Crippen molar-refractivity contribution >= 4 is 29.4 Å². The third-order valence-corrected chi connectivity index (χ3v) is 3.97. The highest BCUT2D eigenvalue weighted by molar-refractivity contribution is 6.39. The number of nitrogens with one attached hydrogen (secondary N) is 2. The summed E-state index contributed by atoms with van der Waals surface area (Å²) in [6.45, 7) is 2.68. The molecule has 1 aliphatic heterocycles. The minimum absolute atomic E-state index is 0.0145. The molecule has 1 aliphatic rings. The van der Waals surface area contributed by atoms with E-state index in [1.807, 2.05) is 19.1 Å². The molecule has 1 aromatic carbocycles. The summed E-state index contributed by atoms with van der Waals surface area (Å²) in [4.78, 5) is 47.5. The van der Waals surface area contributed by atoms with Crippen molar-refractivity contribution in [3.8, 4) is 0 Å². The molecule has 25 heavy (non-hydrogen) atoms. The van der Waals surface area contributed by atoms with Crippen molar-refractivity contribution in [3.63, 3.8) is 0 Å². The summed E-state index contributed by atoms with van der Waals surface area (Å²) < 4.78 is 0. The van der Waals surface area contributed by atoms with Crippen molar-refractivity contribution < 1.29 is 24.3 Å². The van der Waals surface area contributed by atoms with Crippen LogP contribution in [0.1, 0.15) is 18.4 Å². The van der Waals surface area contributed by atoms with Crippen LogP contribution in [-0.4, -0.2) is 53.3 Å². The number of carboxylic acid groups (broad SMARTS) is 1. The number of aliphatic carboxylic acids is 1. The molecular formula is C17H21N3O5. The van der Waals surface area contributed by atoms with Crippen LogP contribution >= 0.6 is 0 Å². The van der Waals surface area contributed by atoms with E-state index in [0.29, 0.717) is 18.7 Å². The molecule has 2 rings (SSSR count). The van der Waals surface area contributed by atoms with Crippen LogP contribution < -0.4 is 10.6 Å². The molecule has 0 unspecified atom stereocenters. The summed E-state index contributed by atoms with van der Waals surface area (Å²) in [6, 6.07) is 7.06. The molecular weight excluding hydrogens is 326 g/mol. The van der Waals surface area contributed by atoms with Gasteiger partial charge in [-0.25, -0.2) is 0 Å². The molecule has 8 nitrogen and oxygen atoms in total. The molecule has 3 amide bonds. The standard InChI is InChI=1S/C17H21N3O5/c1-11-3-5-13(6-4-11)19-16(23)15(22)18-7-2-8-20-10-12(17(24)25)9-14(20)21/h3-6,12H,2,7-10H2,1H3,(H,18,22)(H,19,23)(H,24,25)/t12-/m0/s1. The molecule has 0 radical (unpaired) electrons. The van der Waals surface area contributed by atoms with Gasteiger partial charge >= 0.3 is 17.8 Å². The lowest BCUT2D eigenvalue weighted by Crippen LogP contribution is -2.37. The van der Waals surface area contributed by atoms with Crippen LogP contribution in [0.3, 0.4) is 0 Å². The Morgan fingerprint density at radius 1 is 1.20 bits per heavy atom. The smallest absolute Gasteiger partial charge is 0.313 e. The first kappa shape index (κ1) is 18.4. The minimum Gasteiger partial charge on any atom is -0.481 e. The first-order valence-corrected chi connectivity index (χ1v) is 8.03. The third kappa shape index (κ3) is 5.30. The minimum atomic E-state index is -0.975. The van der Waals surface area contributed by atoms with Gasteiger partial charge in [0, 0.05) is 31.7 Å². The molecule has 1 saturated heterocycles. The van der Waals surface area contributed by atoms with Crippen LogP contribution in [-0.2, 0) is 19.2 Å². The highest BCUT2D eigenvalue weighted by atomic mass is 16.4. The van der Waals surface area contributed by atoms with Gasteiger partial charge in [0.25, 0.3) is 0 Å². The number of nitrogens with zero attached hydrogens (tertiary/aromatic N) is 1. The normalized spacial score (nSPS) is 16.6. The Kier molecular flexibility index (Phi) is 6.10. The first-order valence-electron chi connectivity index (χ1n) is 8.03. The Hall–Kier alpha value is -2.90. The molecule has 8 heteroatoms. The predicted molar refractivity (Wildman–Crippen MR) is 89.8 cm³/mol. The van der Waals surface area contributed by atoms with E-state index < -0.39 is 23.7 Å². The fourth-order valence-corrected chi connectivity index (χ4v) is 2.53. The van der Waals surface area contributed by atoms with E-state index in [1.165, 1.54) is 4.90 Å². The summed E-state index contributed by atoms with van der Waals surface area (Å²) in [6.07, 6.45) is 0.461. The van der Waals surface area contributed by atoms with Gasteiger partial charge in [-0.05, 0) is 25.5 Å². The second-order valence-electron chi connectivity index (χ2n) is 6.01. The fraction of sp³-hybridized carbons (Fsp3) is 0.412. The lowest BCUT2D eigenvalue weighted by Gasteiger charge is -2.15. The zero-order chi connectivity index (χ0) is 18.4. The zero-order valence-electron chi connectivity index (χ0n) is 13.9. The Morgan fingerprint density at radius 2 is 1.88 bits per heavy atom. The molecule has 0 spiro atoms. The first-order chi connectivity index (χ1) is 11.9. The highest BCUT2D eigenvalue weighted by Gasteiger charge is 2.33. The molecule has 1 fully saturated rings. The van der Waals surface area contributed by atoms with Gasteiger partial charge in [0.1, 0.15) is 0 Å². The van der Waals surface area contributed by atoms with E-state index in [9.17, 15) is 19.2 Å². The van der Waals surface area contributed by atoms with E-state index in [0.717, 1.165) is 5.56 Å². The lowest BCUT2D eigenvalue weighted by molar-refractivity contribution is -0.141. The summed E-state index contributed by atoms with van der Waals surface area (Å²) in [5.41, 5.74) is 1.58. The molecule has 0 aromatic heterocycles. The number of benzene rings is 1. The van der Waals surface area contributed by atoms with E-state index in [2.05, 4.69) is 10.6 Å². The van der Waals surface area contributed by atoms with Crippen molar-refractivity contribution in [1.29, 1.82) is 0 Å². The molecule has 0 saturated carbocycles. The van der Waals surface area contributed by atoms with Crippen LogP contribution in [0, 0.1) is 12.8 Å². The van der Waals surface area contributed by atoms with Crippen molar-refractivity contribution in [2.45, 2.75) is 19.8 Å².